The molecule has 0 unspecified atom stereocenters. The Morgan fingerprint density at radius 2 is 1.69 bits per heavy atom. The van der Waals surface area contributed by atoms with Gasteiger partial charge in [-0.25, -0.2) is 4.52 Å². The fraction of sp³-hybridized carbons (Fsp3) is 0.269. The van der Waals surface area contributed by atoms with Gasteiger partial charge in [-0.2, -0.15) is 4.98 Å². The molecule has 35 heavy (non-hydrogen) atoms. The van der Waals surface area contributed by atoms with Crippen molar-refractivity contribution in [2.75, 3.05) is 14.2 Å². The topological polar surface area (TPSA) is 77.8 Å². The first-order valence-electron chi connectivity index (χ1n) is 11.4. The minimum absolute atomic E-state index is 0.127. The van der Waals surface area contributed by atoms with Gasteiger partial charge in [0.25, 0.3) is 5.91 Å². The van der Waals surface area contributed by atoms with Crippen molar-refractivity contribution in [3.63, 3.8) is 0 Å². The molecule has 2 aromatic carbocycles. The largest absolute Gasteiger partial charge is 0.480 e. The standard InChI is InChI=1S/C26H24Cl2N4O3/c1-34-25-20(18-9-5-6-10-19(18)28)22(15-11-13-16(27)14-12-15)32-23(30-25)21(26(31-32)35-2)24(33)29-17-7-3-4-8-17/h5-6,9-14,17H,3-4,7-8H2,1-2H3,(H,29,33). The molecule has 1 aliphatic carbocycles. The number of fused-ring (bicyclic) bond motifs is 1. The summed E-state index contributed by atoms with van der Waals surface area (Å²) in [6.45, 7) is 0. The number of methoxy groups -OCH3 is 2. The number of nitrogens with zero attached hydrogens (tertiary/aromatic N) is 3. The lowest BCUT2D eigenvalue weighted by molar-refractivity contribution is 0.0936. The highest BCUT2D eigenvalue weighted by atomic mass is 35.5. The normalized spacial score (nSPS) is 13.8. The van der Waals surface area contributed by atoms with Crippen LogP contribution in [0.4, 0.5) is 0 Å². The van der Waals surface area contributed by atoms with Crippen LogP contribution in [-0.4, -0.2) is 40.8 Å². The Bertz CT molecular complexity index is 1400. The number of carbonyl (C=O) groups excluding carboxylic acids is 1. The molecule has 0 radical (unpaired) electrons. The smallest absolute Gasteiger partial charge is 0.260 e. The fourth-order valence-corrected chi connectivity index (χ4v) is 4.96. The van der Waals surface area contributed by atoms with E-state index in [1.807, 2.05) is 30.3 Å². The molecule has 0 atom stereocenters. The van der Waals surface area contributed by atoms with Gasteiger partial charge in [-0.05, 0) is 31.0 Å². The number of nitrogens with one attached hydrogen (secondary N) is 1. The summed E-state index contributed by atoms with van der Waals surface area (Å²) in [4.78, 5) is 18.1. The lowest BCUT2D eigenvalue weighted by Crippen LogP contribution is -2.32. The molecule has 0 bridgehead atoms. The number of hydrogen-bond donors (Lipinski definition) is 1. The average molecular weight is 511 g/mol. The van der Waals surface area contributed by atoms with Crippen LogP contribution in [0.25, 0.3) is 28.0 Å². The molecule has 5 rings (SSSR count). The highest BCUT2D eigenvalue weighted by Gasteiger charge is 2.30. The maximum Gasteiger partial charge on any atom is 0.260 e. The van der Waals surface area contributed by atoms with Crippen LogP contribution in [0.1, 0.15) is 36.0 Å². The second-order valence-electron chi connectivity index (χ2n) is 8.41. The van der Waals surface area contributed by atoms with Gasteiger partial charge in [0.2, 0.25) is 11.8 Å². The van der Waals surface area contributed by atoms with E-state index in [1.54, 1.807) is 22.7 Å². The highest BCUT2D eigenvalue weighted by molar-refractivity contribution is 6.33. The molecule has 4 aromatic rings. The highest BCUT2D eigenvalue weighted by Crippen LogP contribution is 2.43. The molecule has 2 heterocycles. The number of halogens is 2. The van der Waals surface area contributed by atoms with Gasteiger partial charge < -0.3 is 14.8 Å². The number of aromatic nitrogens is 3. The lowest BCUT2D eigenvalue weighted by Gasteiger charge is -2.17. The number of benzene rings is 2. The van der Waals surface area contributed by atoms with E-state index in [1.165, 1.54) is 14.2 Å². The van der Waals surface area contributed by atoms with Crippen molar-refractivity contribution >= 4 is 34.8 Å². The van der Waals surface area contributed by atoms with Crippen molar-refractivity contribution in [2.24, 2.45) is 0 Å². The Morgan fingerprint density at radius 1 is 1.00 bits per heavy atom. The monoisotopic (exact) mass is 510 g/mol. The van der Waals surface area contributed by atoms with E-state index in [4.69, 9.17) is 37.7 Å². The van der Waals surface area contributed by atoms with Gasteiger partial charge in [-0.1, -0.05) is 66.4 Å². The molecule has 1 fully saturated rings. The Morgan fingerprint density at radius 3 is 2.34 bits per heavy atom. The lowest BCUT2D eigenvalue weighted by atomic mass is 9.99. The van der Waals surface area contributed by atoms with E-state index in [9.17, 15) is 4.79 Å². The van der Waals surface area contributed by atoms with Crippen LogP contribution < -0.4 is 14.8 Å². The van der Waals surface area contributed by atoms with E-state index in [2.05, 4.69) is 10.4 Å². The second kappa shape index (κ2) is 9.76. The van der Waals surface area contributed by atoms with Crippen LogP contribution in [-0.2, 0) is 0 Å². The Hall–Kier alpha value is -3.29. The number of carbonyl (C=O) groups is 1. The van der Waals surface area contributed by atoms with Crippen LogP contribution in [0.15, 0.2) is 48.5 Å². The summed E-state index contributed by atoms with van der Waals surface area (Å²) < 4.78 is 12.9. The van der Waals surface area contributed by atoms with Crippen molar-refractivity contribution in [1.82, 2.24) is 19.9 Å². The van der Waals surface area contributed by atoms with Crippen LogP contribution in [0.3, 0.4) is 0 Å². The maximum absolute atomic E-state index is 13.4. The molecule has 0 spiro atoms. The SMILES string of the molecule is COc1nc2c(C(=O)NC3CCCC3)c(OC)nn2c(-c2ccc(Cl)cc2)c1-c1ccccc1Cl. The van der Waals surface area contributed by atoms with Gasteiger partial charge in [0.1, 0.15) is 5.56 Å². The molecular formula is C26H24Cl2N4O3. The quantitative estimate of drug-likeness (QED) is 0.341. The molecule has 1 saturated carbocycles. The van der Waals surface area contributed by atoms with Crippen molar-refractivity contribution in [1.29, 1.82) is 0 Å². The zero-order valence-corrected chi connectivity index (χ0v) is 20.9. The minimum Gasteiger partial charge on any atom is -0.480 e. The summed E-state index contributed by atoms with van der Waals surface area (Å²) in [6.07, 6.45) is 4.11. The second-order valence-corrected chi connectivity index (χ2v) is 9.25. The fourth-order valence-electron chi connectivity index (χ4n) is 4.61. The molecule has 0 aliphatic heterocycles. The number of hydrogen-bond acceptors (Lipinski definition) is 5. The molecular weight excluding hydrogens is 487 g/mol. The third-order valence-electron chi connectivity index (χ3n) is 6.26. The van der Waals surface area contributed by atoms with Gasteiger partial charge in [-0.15, -0.1) is 5.10 Å². The van der Waals surface area contributed by atoms with Crippen molar-refractivity contribution in [3.8, 4) is 34.1 Å². The Balaban J connectivity index is 1.82. The van der Waals surface area contributed by atoms with Gasteiger partial charge in [0.15, 0.2) is 5.65 Å². The van der Waals surface area contributed by atoms with Crippen LogP contribution >= 0.6 is 23.2 Å². The molecule has 180 valence electrons. The van der Waals surface area contributed by atoms with Crippen molar-refractivity contribution in [3.05, 3.63) is 64.1 Å². The first-order valence-corrected chi connectivity index (χ1v) is 12.1. The minimum atomic E-state index is -0.272. The number of amides is 1. The Labute approximate surface area is 213 Å². The average Bonchev–Trinajstić information content (AvgIpc) is 3.51. The summed E-state index contributed by atoms with van der Waals surface area (Å²) in [6, 6.07) is 14.9. The molecule has 9 heteroatoms. The molecule has 1 N–H and O–H groups in total. The summed E-state index contributed by atoms with van der Waals surface area (Å²) in [7, 11) is 3.03. The molecule has 7 nitrogen and oxygen atoms in total. The third kappa shape index (κ3) is 4.30. The third-order valence-corrected chi connectivity index (χ3v) is 6.85. The van der Waals surface area contributed by atoms with Crippen LogP contribution in [0.5, 0.6) is 11.8 Å². The van der Waals surface area contributed by atoms with Crippen molar-refractivity contribution in [2.45, 2.75) is 31.7 Å². The Kier molecular flexibility index (Phi) is 6.54. The molecule has 1 aliphatic rings. The molecule has 2 aromatic heterocycles. The van der Waals surface area contributed by atoms with E-state index >= 15 is 0 Å². The van der Waals surface area contributed by atoms with E-state index in [0.717, 1.165) is 36.8 Å². The van der Waals surface area contributed by atoms with E-state index < -0.39 is 0 Å². The van der Waals surface area contributed by atoms with Gasteiger partial charge in [0.05, 0.1) is 25.5 Å². The van der Waals surface area contributed by atoms with Gasteiger partial charge in [0, 0.05) is 27.2 Å². The van der Waals surface area contributed by atoms with Crippen molar-refractivity contribution < 1.29 is 14.3 Å². The first kappa shape index (κ1) is 23.5. The zero-order chi connectivity index (χ0) is 24.5. The van der Waals surface area contributed by atoms with E-state index in [0.29, 0.717) is 32.8 Å². The maximum atomic E-state index is 13.4. The zero-order valence-electron chi connectivity index (χ0n) is 19.3. The summed E-state index contributed by atoms with van der Waals surface area (Å²) in [5, 5.41) is 8.90. The molecule has 1 amide bonds. The summed E-state index contributed by atoms with van der Waals surface area (Å²) >= 11 is 12.8. The number of ether oxygens (including phenoxy) is 2. The first-order chi connectivity index (χ1) is 17.0. The summed E-state index contributed by atoms with van der Waals surface area (Å²) in [5.74, 6) is 0.223. The van der Waals surface area contributed by atoms with Gasteiger partial charge in [-0.3, -0.25) is 4.79 Å². The van der Waals surface area contributed by atoms with E-state index in [-0.39, 0.29) is 23.4 Å². The predicted octanol–water partition coefficient (Wildman–Crippen LogP) is 6.06. The van der Waals surface area contributed by atoms with Crippen LogP contribution in [0.2, 0.25) is 10.0 Å². The van der Waals surface area contributed by atoms with Gasteiger partial charge >= 0.3 is 0 Å². The predicted molar refractivity (Wildman–Crippen MR) is 137 cm³/mol. The number of rotatable bonds is 6. The molecule has 0 saturated heterocycles. The summed E-state index contributed by atoms with van der Waals surface area (Å²) in [5.41, 5.74) is 3.39. The van der Waals surface area contributed by atoms with Crippen LogP contribution in [0, 0.1) is 0 Å².